The lowest BCUT2D eigenvalue weighted by Gasteiger charge is -2.05. The third-order valence-electron chi connectivity index (χ3n) is 2.95. The van der Waals surface area contributed by atoms with Gasteiger partial charge in [-0.15, -0.1) is 11.3 Å². The lowest BCUT2D eigenvalue weighted by atomic mass is 10.1. The molecule has 7 nitrogen and oxygen atoms in total. The minimum Gasteiger partial charge on any atom is -0.502 e. The van der Waals surface area contributed by atoms with Crippen molar-refractivity contribution in [3.05, 3.63) is 50.0 Å². The predicted molar refractivity (Wildman–Crippen MR) is 82.3 cm³/mol. The highest BCUT2D eigenvalue weighted by Gasteiger charge is 2.16. The van der Waals surface area contributed by atoms with E-state index in [-0.39, 0.29) is 5.56 Å². The topological polar surface area (TPSA) is 105 Å². The first-order valence-electron chi connectivity index (χ1n) is 6.64. The average molecular weight is 321 g/mol. The van der Waals surface area contributed by atoms with Gasteiger partial charge < -0.3 is 10.4 Å². The van der Waals surface area contributed by atoms with Gasteiger partial charge in [-0.25, -0.2) is 4.98 Å². The summed E-state index contributed by atoms with van der Waals surface area (Å²) in [7, 11) is 0. The van der Waals surface area contributed by atoms with E-state index in [9.17, 15) is 20.0 Å². The van der Waals surface area contributed by atoms with Crippen LogP contribution in [0.4, 0.5) is 5.69 Å². The van der Waals surface area contributed by atoms with Crippen molar-refractivity contribution in [2.24, 2.45) is 0 Å². The largest absolute Gasteiger partial charge is 0.502 e. The van der Waals surface area contributed by atoms with Crippen molar-refractivity contribution in [1.82, 2.24) is 10.3 Å². The number of aryl methyl sites for hydroxylation is 2. The van der Waals surface area contributed by atoms with Gasteiger partial charge in [0, 0.05) is 35.7 Å². The average Bonchev–Trinajstić information content (AvgIpc) is 2.89. The summed E-state index contributed by atoms with van der Waals surface area (Å²) in [5.41, 5.74) is 0.654. The number of hydrogen-bond acceptors (Lipinski definition) is 6. The molecule has 0 aliphatic heterocycles. The molecule has 0 spiro atoms. The summed E-state index contributed by atoms with van der Waals surface area (Å²) in [6.07, 6.45) is 1.51. The number of phenolic OH excluding ortho intramolecular Hbond substituents is 1. The van der Waals surface area contributed by atoms with Crippen molar-refractivity contribution in [2.45, 2.75) is 19.8 Å². The molecule has 1 heterocycles. The number of nitrogens with one attached hydrogen (secondary N) is 1. The van der Waals surface area contributed by atoms with Crippen molar-refractivity contribution in [3.63, 3.8) is 0 Å². The summed E-state index contributed by atoms with van der Waals surface area (Å²) in [4.78, 5) is 26.2. The molecule has 0 aliphatic rings. The van der Waals surface area contributed by atoms with Crippen LogP contribution >= 0.6 is 11.3 Å². The summed E-state index contributed by atoms with van der Waals surface area (Å²) in [6, 6.07) is 3.56. The first-order chi connectivity index (χ1) is 10.5. The number of nitrogens with zero attached hydrogens (tertiary/aromatic N) is 2. The highest BCUT2D eigenvalue weighted by molar-refractivity contribution is 7.09. The molecule has 1 aromatic carbocycles. The van der Waals surface area contributed by atoms with E-state index in [0.717, 1.165) is 35.7 Å². The van der Waals surface area contributed by atoms with Crippen LogP contribution in [0, 0.1) is 17.0 Å². The predicted octanol–water partition coefficient (Wildman–Crippen LogP) is 2.43. The highest BCUT2D eigenvalue weighted by Crippen LogP contribution is 2.26. The van der Waals surface area contributed by atoms with Crippen LogP contribution in [0.25, 0.3) is 0 Å². The molecule has 2 rings (SSSR count). The second-order valence-electron chi connectivity index (χ2n) is 4.70. The first kappa shape index (κ1) is 15.9. The van der Waals surface area contributed by atoms with Crippen LogP contribution in [0.15, 0.2) is 23.6 Å². The number of amides is 1. The maximum Gasteiger partial charge on any atom is 0.311 e. The number of thiazole rings is 1. The summed E-state index contributed by atoms with van der Waals surface area (Å²) >= 11 is 1.58. The van der Waals surface area contributed by atoms with Crippen LogP contribution in [-0.2, 0) is 6.42 Å². The highest BCUT2D eigenvalue weighted by atomic mass is 32.1. The molecule has 22 heavy (non-hydrogen) atoms. The second-order valence-corrected chi connectivity index (χ2v) is 5.65. The molecule has 0 unspecified atom stereocenters. The van der Waals surface area contributed by atoms with Gasteiger partial charge in [0.25, 0.3) is 5.91 Å². The Morgan fingerprint density at radius 3 is 2.91 bits per heavy atom. The van der Waals surface area contributed by atoms with Crippen molar-refractivity contribution < 1.29 is 14.8 Å². The Kier molecular flexibility index (Phi) is 5.05. The minimum absolute atomic E-state index is 0.148. The minimum atomic E-state index is -0.725. The smallest absolute Gasteiger partial charge is 0.311 e. The number of nitro benzene ring substituents is 1. The Bertz CT molecular complexity index is 699. The van der Waals surface area contributed by atoms with Gasteiger partial charge in [-0.2, -0.15) is 0 Å². The van der Waals surface area contributed by atoms with Gasteiger partial charge in [-0.3, -0.25) is 14.9 Å². The number of carbonyl (C=O) groups is 1. The third kappa shape index (κ3) is 4.01. The van der Waals surface area contributed by atoms with Crippen molar-refractivity contribution in [3.8, 4) is 5.75 Å². The number of benzene rings is 1. The van der Waals surface area contributed by atoms with Crippen LogP contribution in [0.2, 0.25) is 0 Å². The fraction of sp³-hybridized carbons (Fsp3) is 0.286. The van der Waals surface area contributed by atoms with E-state index < -0.39 is 22.3 Å². The van der Waals surface area contributed by atoms with Gasteiger partial charge in [0.15, 0.2) is 5.75 Å². The second kappa shape index (κ2) is 6.99. The van der Waals surface area contributed by atoms with Crippen LogP contribution < -0.4 is 5.32 Å². The van der Waals surface area contributed by atoms with Gasteiger partial charge in [0.05, 0.1) is 9.93 Å². The van der Waals surface area contributed by atoms with Gasteiger partial charge in [-0.1, -0.05) is 0 Å². The van der Waals surface area contributed by atoms with E-state index in [2.05, 4.69) is 10.3 Å². The van der Waals surface area contributed by atoms with Crippen molar-refractivity contribution >= 4 is 22.9 Å². The normalized spacial score (nSPS) is 10.4. The van der Waals surface area contributed by atoms with Gasteiger partial charge in [0.2, 0.25) is 0 Å². The lowest BCUT2D eigenvalue weighted by molar-refractivity contribution is -0.385. The number of carbonyl (C=O) groups excluding carboxylic acids is 1. The van der Waals surface area contributed by atoms with E-state index in [1.54, 1.807) is 11.3 Å². The van der Waals surface area contributed by atoms with Gasteiger partial charge in [0.1, 0.15) is 0 Å². The maximum atomic E-state index is 11.9. The number of hydrogen-bond donors (Lipinski definition) is 2. The molecule has 0 aliphatic carbocycles. The molecule has 0 fully saturated rings. The Labute approximate surface area is 130 Å². The molecule has 0 atom stereocenters. The lowest BCUT2D eigenvalue weighted by Crippen LogP contribution is -2.24. The zero-order valence-electron chi connectivity index (χ0n) is 11.9. The van der Waals surface area contributed by atoms with E-state index in [4.69, 9.17) is 0 Å². The Morgan fingerprint density at radius 1 is 1.50 bits per heavy atom. The zero-order valence-corrected chi connectivity index (χ0v) is 12.7. The van der Waals surface area contributed by atoms with Crippen LogP contribution in [0.5, 0.6) is 5.75 Å². The van der Waals surface area contributed by atoms with Crippen LogP contribution in [0.1, 0.15) is 27.5 Å². The standard InChI is InChI=1S/C14H15N3O4S/c1-9-8-22-13(16-9)3-2-6-15-14(19)10-4-5-12(18)11(7-10)17(20)21/h4-5,7-8,18H,2-3,6H2,1H3,(H,15,19). The quantitative estimate of drug-likeness (QED) is 0.483. The fourth-order valence-corrected chi connectivity index (χ4v) is 2.69. The number of rotatable bonds is 6. The molecule has 0 saturated carbocycles. The molecule has 2 N–H and O–H groups in total. The number of nitro groups is 1. The van der Waals surface area contributed by atoms with E-state index in [0.29, 0.717) is 6.54 Å². The van der Waals surface area contributed by atoms with E-state index in [1.807, 2.05) is 12.3 Å². The van der Waals surface area contributed by atoms with Crippen molar-refractivity contribution in [1.29, 1.82) is 0 Å². The van der Waals surface area contributed by atoms with E-state index in [1.165, 1.54) is 6.07 Å². The van der Waals surface area contributed by atoms with Crippen molar-refractivity contribution in [2.75, 3.05) is 6.54 Å². The maximum absolute atomic E-state index is 11.9. The monoisotopic (exact) mass is 321 g/mol. The first-order valence-corrected chi connectivity index (χ1v) is 7.52. The molecule has 1 amide bonds. The molecular formula is C14H15N3O4S. The SMILES string of the molecule is Cc1csc(CCCNC(=O)c2ccc(O)c([N+](=O)[O-])c2)n1. The van der Waals surface area contributed by atoms with E-state index >= 15 is 0 Å². The molecular weight excluding hydrogens is 306 g/mol. The third-order valence-corrected chi connectivity index (χ3v) is 3.98. The molecule has 2 aromatic rings. The molecule has 1 aromatic heterocycles. The number of aromatic nitrogens is 1. The molecule has 0 bridgehead atoms. The van der Waals surface area contributed by atoms with Gasteiger partial charge >= 0.3 is 5.69 Å². The number of phenols is 1. The summed E-state index contributed by atoms with van der Waals surface area (Å²) in [6.45, 7) is 2.38. The fourth-order valence-electron chi connectivity index (χ4n) is 1.87. The molecule has 8 heteroatoms. The summed E-state index contributed by atoms with van der Waals surface area (Å²) in [5, 5.41) is 25.8. The molecule has 0 saturated heterocycles. The van der Waals surface area contributed by atoms with Gasteiger partial charge in [-0.05, 0) is 25.5 Å². The summed E-state index contributed by atoms with van der Waals surface area (Å²) in [5.74, 6) is -0.862. The number of aromatic hydroxyl groups is 1. The Hall–Kier alpha value is -2.48. The Balaban J connectivity index is 1.87. The Morgan fingerprint density at radius 2 is 2.27 bits per heavy atom. The van der Waals surface area contributed by atoms with Crippen LogP contribution in [0.3, 0.4) is 0 Å². The molecule has 116 valence electrons. The summed E-state index contributed by atoms with van der Waals surface area (Å²) < 4.78 is 0. The zero-order chi connectivity index (χ0) is 16.1. The molecule has 0 radical (unpaired) electrons. The van der Waals surface area contributed by atoms with Crippen LogP contribution in [-0.4, -0.2) is 27.5 Å².